The SMILES string of the molecule is COCC(C)NC(=O)COc1ccc(Br)cc1[C@@H](C)N. The molecule has 0 bridgehead atoms. The third-order valence-corrected chi connectivity index (χ3v) is 3.14. The fourth-order valence-electron chi connectivity index (χ4n) is 1.76. The van der Waals surface area contributed by atoms with Gasteiger partial charge in [0.1, 0.15) is 5.75 Å². The molecular weight excluding hydrogens is 324 g/mol. The molecule has 1 aromatic rings. The average Bonchev–Trinajstić information content (AvgIpc) is 2.37. The van der Waals surface area contributed by atoms with Gasteiger partial charge in [0.2, 0.25) is 0 Å². The summed E-state index contributed by atoms with van der Waals surface area (Å²) in [6.45, 7) is 4.16. The minimum atomic E-state index is -0.187. The minimum Gasteiger partial charge on any atom is -0.483 e. The molecule has 0 saturated carbocycles. The van der Waals surface area contributed by atoms with E-state index in [4.69, 9.17) is 15.2 Å². The lowest BCUT2D eigenvalue weighted by Gasteiger charge is -2.16. The summed E-state index contributed by atoms with van der Waals surface area (Å²) in [5.74, 6) is 0.436. The molecule has 2 atom stereocenters. The first-order valence-electron chi connectivity index (χ1n) is 6.40. The molecule has 0 aromatic heterocycles. The van der Waals surface area contributed by atoms with Crippen LogP contribution in [0.1, 0.15) is 25.5 Å². The first-order chi connectivity index (χ1) is 9.43. The topological polar surface area (TPSA) is 73.6 Å². The van der Waals surface area contributed by atoms with Gasteiger partial charge in [0, 0.05) is 29.2 Å². The predicted molar refractivity (Wildman–Crippen MR) is 81.7 cm³/mol. The quantitative estimate of drug-likeness (QED) is 0.793. The molecule has 0 radical (unpaired) electrons. The molecule has 1 unspecified atom stereocenters. The highest BCUT2D eigenvalue weighted by Crippen LogP contribution is 2.27. The van der Waals surface area contributed by atoms with E-state index in [1.54, 1.807) is 13.2 Å². The van der Waals surface area contributed by atoms with E-state index >= 15 is 0 Å². The van der Waals surface area contributed by atoms with Crippen molar-refractivity contribution in [1.82, 2.24) is 5.32 Å². The van der Waals surface area contributed by atoms with Crippen molar-refractivity contribution in [2.75, 3.05) is 20.3 Å². The zero-order valence-corrected chi connectivity index (χ0v) is 13.6. The van der Waals surface area contributed by atoms with Crippen molar-refractivity contribution in [2.45, 2.75) is 25.9 Å². The summed E-state index contributed by atoms with van der Waals surface area (Å²) in [4.78, 5) is 11.7. The van der Waals surface area contributed by atoms with Gasteiger partial charge in [-0.2, -0.15) is 0 Å². The van der Waals surface area contributed by atoms with Crippen molar-refractivity contribution in [3.8, 4) is 5.75 Å². The Labute approximate surface area is 127 Å². The third kappa shape index (κ3) is 5.48. The second-order valence-electron chi connectivity index (χ2n) is 4.68. The molecule has 5 nitrogen and oxygen atoms in total. The number of nitrogens with one attached hydrogen (secondary N) is 1. The van der Waals surface area contributed by atoms with Crippen LogP contribution in [-0.2, 0) is 9.53 Å². The zero-order chi connectivity index (χ0) is 15.1. The summed E-state index contributed by atoms with van der Waals surface area (Å²) in [6, 6.07) is 5.33. The Morgan fingerprint density at radius 2 is 2.15 bits per heavy atom. The summed E-state index contributed by atoms with van der Waals surface area (Å²) >= 11 is 3.39. The van der Waals surface area contributed by atoms with Gasteiger partial charge in [-0.3, -0.25) is 4.79 Å². The molecule has 1 rings (SSSR count). The smallest absolute Gasteiger partial charge is 0.258 e. The van der Waals surface area contributed by atoms with Crippen LogP contribution in [0.2, 0.25) is 0 Å². The standard InChI is InChI=1S/C14H21BrN2O3/c1-9(7-19-3)17-14(18)8-20-13-5-4-11(15)6-12(13)10(2)16/h4-6,9-10H,7-8,16H2,1-3H3,(H,17,18)/t9?,10-/m1/s1. The maximum atomic E-state index is 11.7. The van der Waals surface area contributed by atoms with Crippen LogP contribution in [-0.4, -0.2) is 32.3 Å². The maximum Gasteiger partial charge on any atom is 0.258 e. The number of hydrogen-bond acceptors (Lipinski definition) is 4. The lowest BCUT2D eigenvalue weighted by Crippen LogP contribution is -2.38. The fourth-order valence-corrected chi connectivity index (χ4v) is 2.14. The lowest BCUT2D eigenvalue weighted by atomic mass is 10.1. The van der Waals surface area contributed by atoms with Crippen LogP contribution in [0.3, 0.4) is 0 Å². The van der Waals surface area contributed by atoms with Gasteiger partial charge < -0.3 is 20.5 Å². The molecule has 0 heterocycles. The van der Waals surface area contributed by atoms with Crippen LogP contribution in [0.4, 0.5) is 0 Å². The number of carbonyl (C=O) groups excluding carboxylic acids is 1. The van der Waals surface area contributed by atoms with Crippen molar-refractivity contribution in [3.63, 3.8) is 0 Å². The Bertz CT molecular complexity index is 452. The number of benzene rings is 1. The Morgan fingerprint density at radius 1 is 1.45 bits per heavy atom. The first kappa shape index (κ1) is 16.9. The second kappa shape index (κ2) is 8.24. The molecule has 0 saturated heterocycles. The summed E-state index contributed by atoms with van der Waals surface area (Å²) in [7, 11) is 1.59. The van der Waals surface area contributed by atoms with E-state index in [0.717, 1.165) is 10.0 Å². The second-order valence-corrected chi connectivity index (χ2v) is 5.60. The molecule has 0 spiro atoms. The number of amides is 1. The van der Waals surface area contributed by atoms with Gasteiger partial charge in [-0.15, -0.1) is 0 Å². The van der Waals surface area contributed by atoms with Crippen LogP contribution in [0, 0.1) is 0 Å². The molecule has 1 aromatic carbocycles. The van der Waals surface area contributed by atoms with E-state index in [-0.39, 0.29) is 24.6 Å². The van der Waals surface area contributed by atoms with Crippen LogP contribution >= 0.6 is 15.9 Å². The first-order valence-corrected chi connectivity index (χ1v) is 7.19. The van der Waals surface area contributed by atoms with Gasteiger partial charge in [0.05, 0.1) is 6.61 Å². The van der Waals surface area contributed by atoms with Crippen molar-refractivity contribution >= 4 is 21.8 Å². The highest BCUT2D eigenvalue weighted by atomic mass is 79.9. The van der Waals surface area contributed by atoms with E-state index in [1.807, 2.05) is 26.0 Å². The van der Waals surface area contributed by atoms with Crippen LogP contribution in [0.25, 0.3) is 0 Å². The van der Waals surface area contributed by atoms with Gasteiger partial charge in [-0.05, 0) is 32.0 Å². The predicted octanol–water partition coefficient (Wildman–Crippen LogP) is 2.00. The van der Waals surface area contributed by atoms with E-state index in [2.05, 4.69) is 21.2 Å². The van der Waals surface area contributed by atoms with Gasteiger partial charge in [-0.1, -0.05) is 15.9 Å². The number of methoxy groups -OCH3 is 1. The van der Waals surface area contributed by atoms with Crippen molar-refractivity contribution < 1.29 is 14.3 Å². The van der Waals surface area contributed by atoms with Crippen LogP contribution in [0.15, 0.2) is 22.7 Å². The molecule has 112 valence electrons. The third-order valence-electron chi connectivity index (χ3n) is 2.65. The molecule has 20 heavy (non-hydrogen) atoms. The Hall–Kier alpha value is -1.11. The number of carbonyl (C=O) groups is 1. The minimum absolute atomic E-state index is 0.0462. The highest BCUT2D eigenvalue weighted by Gasteiger charge is 2.12. The number of halogens is 1. The van der Waals surface area contributed by atoms with E-state index < -0.39 is 0 Å². The maximum absolute atomic E-state index is 11.7. The van der Waals surface area contributed by atoms with E-state index in [1.165, 1.54) is 0 Å². The largest absolute Gasteiger partial charge is 0.483 e. The summed E-state index contributed by atoms with van der Waals surface area (Å²) in [6.07, 6.45) is 0. The summed E-state index contributed by atoms with van der Waals surface area (Å²) in [5, 5.41) is 2.78. The molecular formula is C14H21BrN2O3. The molecule has 0 aliphatic rings. The lowest BCUT2D eigenvalue weighted by molar-refractivity contribution is -0.124. The van der Waals surface area contributed by atoms with E-state index in [0.29, 0.717) is 12.4 Å². The van der Waals surface area contributed by atoms with Gasteiger partial charge in [0.25, 0.3) is 5.91 Å². The molecule has 0 aliphatic carbocycles. The Morgan fingerprint density at radius 3 is 2.75 bits per heavy atom. The molecule has 1 amide bonds. The number of hydrogen-bond donors (Lipinski definition) is 2. The molecule has 3 N–H and O–H groups in total. The van der Waals surface area contributed by atoms with Crippen LogP contribution in [0.5, 0.6) is 5.75 Å². The summed E-state index contributed by atoms with van der Waals surface area (Å²) < 4.78 is 11.4. The number of rotatable bonds is 7. The molecule has 0 fully saturated rings. The van der Waals surface area contributed by atoms with Crippen molar-refractivity contribution in [2.24, 2.45) is 5.73 Å². The Kier molecular flexibility index (Phi) is 6.98. The summed E-state index contributed by atoms with van der Waals surface area (Å²) in [5.41, 5.74) is 6.75. The van der Waals surface area contributed by atoms with Gasteiger partial charge in [0.15, 0.2) is 6.61 Å². The van der Waals surface area contributed by atoms with Gasteiger partial charge >= 0.3 is 0 Å². The van der Waals surface area contributed by atoms with Crippen molar-refractivity contribution in [3.05, 3.63) is 28.2 Å². The van der Waals surface area contributed by atoms with Crippen LogP contribution < -0.4 is 15.8 Å². The monoisotopic (exact) mass is 344 g/mol. The fraction of sp³-hybridized carbons (Fsp3) is 0.500. The highest BCUT2D eigenvalue weighted by molar-refractivity contribution is 9.10. The normalized spacial score (nSPS) is 13.7. The number of nitrogens with two attached hydrogens (primary N) is 1. The Balaban J connectivity index is 2.59. The number of ether oxygens (including phenoxy) is 2. The van der Waals surface area contributed by atoms with Gasteiger partial charge in [-0.25, -0.2) is 0 Å². The van der Waals surface area contributed by atoms with Crippen molar-refractivity contribution in [1.29, 1.82) is 0 Å². The average molecular weight is 345 g/mol. The zero-order valence-electron chi connectivity index (χ0n) is 12.0. The molecule has 0 aliphatic heterocycles. The van der Waals surface area contributed by atoms with E-state index in [9.17, 15) is 4.79 Å². The molecule has 6 heteroatoms.